The van der Waals surface area contributed by atoms with Crippen LogP contribution in [0.1, 0.15) is 17.3 Å². The Labute approximate surface area is 109 Å². The molecule has 7 heteroatoms. The van der Waals surface area contributed by atoms with E-state index in [9.17, 15) is 9.59 Å². The number of rotatable bonds is 2. The van der Waals surface area contributed by atoms with Crippen LogP contribution in [0.3, 0.4) is 0 Å². The first-order valence-electron chi connectivity index (χ1n) is 4.98. The summed E-state index contributed by atoms with van der Waals surface area (Å²) in [7, 11) is 0. The number of amides is 2. The van der Waals surface area contributed by atoms with Gasteiger partial charge in [0.15, 0.2) is 5.11 Å². The molecule has 1 aromatic heterocycles. The predicted octanol–water partition coefficient (Wildman–Crippen LogP) is 0.293. The second-order valence-corrected chi connectivity index (χ2v) is 3.79. The summed E-state index contributed by atoms with van der Waals surface area (Å²) in [5.41, 5.74) is 5.49. The van der Waals surface area contributed by atoms with Crippen LogP contribution in [-0.4, -0.2) is 21.9 Å². The number of aromatic nitrogens is 1. The molecule has 0 aliphatic carbocycles. The first kappa shape index (κ1) is 13.8. The monoisotopic (exact) mass is 264 g/mol. The van der Waals surface area contributed by atoms with Gasteiger partial charge in [-0.3, -0.25) is 30.7 Å². The summed E-state index contributed by atoms with van der Waals surface area (Å²) in [6, 6.07) is 3.10. The van der Waals surface area contributed by atoms with E-state index in [1.54, 1.807) is 19.1 Å². The van der Waals surface area contributed by atoms with Crippen molar-refractivity contribution in [1.82, 2.24) is 21.2 Å². The molecular weight excluding hydrogens is 252 g/mol. The molecule has 1 heterocycles. The van der Waals surface area contributed by atoms with Crippen molar-refractivity contribution in [3.8, 4) is 0 Å². The van der Waals surface area contributed by atoms with Gasteiger partial charge in [-0.1, -0.05) is 6.58 Å². The Balaban J connectivity index is 2.42. The molecule has 18 heavy (non-hydrogen) atoms. The molecule has 2 amide bonds. The third kappa shape index (κ3) is 4.30. The van der Waals surface area contributed by atoms with Gasteiger partial charge in [-0.2, -0.15) is 0 Å². The lowest BCUT2D eigenvalue weighted by molar-refractivity contribution is -0.116. The Morgan fingerprint density at radius 3 is 2.44 bits per heavy atom. The van der Waals surface area contributed by atoms with Crippen molar-refractivity contribution in [2.24, 2.45) is 0 Å². The van der Waals surface area contributed by atoms with Crippen LogP contribution in [-0.2, 0) is 4.79 Å². The fourth-order valence-electron chi connectivity index (χ4n) is 0.930. The Bertz CT molecular complexity index is 487. The van der Waals surface area contributed by atoms with Gasteiger partial charge in [0.2, 0.25) is 0 Å². The highest BCUT2D eigenvalue weighted by molar-refractivity contribution is 7.80. The summed E-state index contributed by atoms with van der Waals surface area (Å²) in [5.74, 6) is -0.796. The van der Waals surface area contributed by atoms with Crippen LogP contribution in [0.5, 0.6) is 0 Å². The normalized spacial score (nSPS) is 9.17. The molecule has 1 aromatic rings. The van der Waals surface area contributed by atoms with Crippen LogP contribution in [0.25, 0.3) is 0 Å². The van der Waals surface area contributed by atoms with Crippen molar-refractivity contribution in [2.45, 2.75) is 6.92 Å². The highest BCUT2D eigenvalue weighted by Crippen LogP contribution is 1.94. The van der Waals surface area contributed by atoms with Crippen LogP contribution >= 0.6 is 12.2 Å². The number of carbonyl (C=O) groups excluding carboxylic acids is 2. The third-order valence-electron chi connectivity index (χ3n) is 1.85. The van der Waals surface area contributed by atoms with Crippen LogP contribution in [0.4, 0.5) is 0 Å². The average Bonchev–Trinajstić information content (AvgIpc) is 2.36. The average molecular weight is 264 g/mol. The van der Waals surface area contributed by atoms with Crippen LogP contribution in [0.2, 0.25) is 0 Å². The zero-order chi connectivity index (χ0) is 13.5. The Morgan fingerprint density at radius 2 is 1.89 bits per heavy atom. The second kappa shape index (κ2) is 6.45. The van der Waals surface area contributed by atoms with E-state index in [0.29, 0.717) is 11.1 Å². The fraction of sp³-hybridized carbons (Fsp3) is 0.0909. The van der Waals surface area contributed by atoms with Gasteiger partial charge in [-0.15, -0.1) is 0 Å². The molecule has 6 nitrogen and oxygen atoms in total. The molecule has 0 aliphatic rings. The molecule has 0 unspecified atom stereocenters. The molecular formula is C11H12N4O2S. The largest absolute Gasteiger partial charge is 0.298 e. The molecule has 0 saturated carbocycles. The minimum atomic E-state index is -0.411. The number of pyridine rings is 1. The molecule has 1 rings (SSSR count). The predicted molar refractivity (Wildman–Crippen MR) is 70.4 cm³/mol. The first-order valence-corrected chi connectivity index (χ1v) is 5.38. The highest BCUT2D eigenvalue weighted by Gasteiger charge is 2.07. The lowest BCUT2D eigenvalue weighted by atomic mass is 10.3. The maximum atomic E-state index is 11.6. The van der Waals surface area contributed by atoms with E-state index in [1.165, 1.54) is 12.4 Å². The standard InChI is InChI=1S/C11H12N4O2S/c1-7(2)9(16)13-11(18)15-14-10(17)8-3-5-12-6-4-8/h3-6H,1H2,2H3,(H,14,17)(H2,13,15,16,18). The number of hydrogen-bond acceptors (Lipinski definition) is 4. The number of thiocarbonyl (C=S) groups is 1. The summed E-state index contributed by atoms with van der Waals surface area (Å²) >= 11 is 4.81. The van der Waals surface area contributed by atoms with Gasteiger partial charge < -0.3 is 0 Å². The summed E-state index contributed by atoms with van der Waals surface area (Å²) in [4.78, 5) is 26.6. The topological polar surface area (TPSA) is 83.1 Å². The molecule has 0 atom stereocenters. The van der Waals surface area contributed by atoms with Gasteiger partial charge in [-0.25, -0.2) is 0 Å². The van der Waals surface area contributed by atoms with Crippen molar-refractivity contribution in [3.63, 3.8) is 0 Å². The van der Waals surface area contributed by atoms with E-state index in [4.69, 9.17) is 12.2 Å². The van der Waals surface area contributed by atoms with E-state index in [1.807, 2.05) is 0 Å². The molecule has 94 valence electrons. The summed E-state index contributed by atoms with van der Waals surface area (Å²) in [5, 5.41) is 2.33. The van der Waals surface area contributed by atoms with E-state index < -0.39 is 5.91 Å². The molecule has 0 radical (unpaired) electrons. The number of carbonyl (C=O) groups is 2. The Morgan fingerprint density at radius 1 is 1.28 bits per heavy atom. The van der Waals surface area contributed by atoms with Gasteiger partial charge in [0.25, 0.3) is 11.8 Å². The molecule has 3 N–H and O–H groups in total. The number of nitrogens with zero attached hydrogens (tertiary/aromatic N) is 1. The van der Waals surface area contributed by atoms with Crippen LogP contribution < -0.4 is 16.2 Å². The molecule has 0 aromatic carbocycles. The van der Waals surface area contributed by atoms with Crippen LogP contribution in [0.15, 0.2) is 36.7 Å². The smallest absolute Gasteiger partial charge is 0.269 e. The van der Waals surface area contributed by atoms with Gasteiger partial charge in [0.1, 0.15) is 0 Å². The van der Waals surface area contributed by atoms with Crippen molar-refractivity contribution >= 4 is 29.1 Å². The van der Waals surface area contributed by atoms with Crippen molar-refractivity contribution in [3.05, 3.63) is 42.2 Å². The zero-order valence-electron chi connectivity index (χ0n) is 9.69. The SMILES string of the molecule is C=C(C)C(=O)NC(=S)NNC(=O)c1ccncc1. The first-order chi connectivity index (χ1) is 8.50. The maximum absolute atomic E-state index is 11.6. The summed E-state index contributed by atoms with van der Waals surface area (Å²) in [6.45, 7) is 5.01. The minimum Gasteiger partial charge on any atom is -0.298 e. The van der Waals surface area contributed by atoms with Crippen LogP contribution in [0, 0.1) is 0 Å². The van der Waals surface area contributed by atoms with Gasteiger partial charge in [-0.05, 0) is 31.3 Å². The van der Waals surface area contributed by atoms with Gasteiger partial charge in [0, 0.05) is 23.5 Å². The lowest BCUT2D eigenvalue weighted by Gasteiger charge is -2.10. The third-order valence-corrected chi connectivity index (χ3v) is 2.05. The molecule has 0 bridgehead atoms. The Hall–Kier alpha value is -2.28. The summed E-state index contributed by atoms with van der Waals surface area (Å²) in [6.07, 6.45) is 2.99. The highest BCUT2D eigenvalue weighted by atomic mass is 32.1. The second-order valence-electron chi connectivity index (χ2n) is 3.38. The minimum absolute atomic E-state index is 0.00888. The van der Waals surface area contributed by atoms with Gasteiger partial charge in [0.05, 0.1) is 0 Å². The molecule has 0 fully saturated rings. The zero-order valence-corrected chi connectivity index (χ0v) is 10.5. The Kier molecular flexibility index (Phi) is 4.94. The van der Waals surface area contributed by atoms with E-state index >= 15 is 0 Å². The van der Waals surface area contributed by atoms with E-state index in [-0.39, 0.29) is 11.0 Å². The quantitative estimate of drug-likeness (QED) is 0.406. The van der Waals surface area contributed by atoms with Gasteiger partial charge >= 0.3 is 0 Å². The number of hydrazine groups is 1. The fourth-order valence-corrected chi connectivity index (χ4v) is 1.07. The lowest BCUT2D eigenvalue weighted by Crippen LogP contribution is -2.48. The van der Waals surface area contributed by atoms with Crippen molar-refractivity contribution in [2.75, 3.05) is 0 Å². The molecule has 0 spiro atoms. The molecule has 0 saturated heterocycles. The summed E-state index contributed by atoms with van der Waals surface area (Å²) < 4.78 is 0. The number of hydrogen-bond donors (Lipinski definition) is 3. The molecule has 0 aliphatic heterocycles. The van der Waals surface area contributed by atoms with Crippen molar-refractivity contribution in [1.29, 1.82) is 0 Å². The maximum Gasteiger partial charge on any atom is 0.269 e. The van der Waals surface area contributed by atoms with E-state index in [2.05, 4.69) is 27.7 Å². The van der Waals surface area contributed by atoms with Crippen molar-refractivity contribution < 1.29 is 9.59 Å². The number of nitrogens with one attached hydrogen (secondary N) is 3. The van der Waals surface area contributed by atoms with E-state index in [0.717, 1.165) is 0 Å².